The summed E-state index contributed by atoms with van der Waals surface area (Å²) in [4.78, 5) is 54.6. The lowest BCUT2D eigenvalue weighted by Gasteiger charge is -2.16. The number of aromatic nitrogens is 2. The van der Waals surface area contributed by atoms with E-state index in [9.17, 15) is 36.7 Å². The van der Waals surface area contributed by atoms with Crippen molar-refractivity contribution in [2.45, 2.75) is 18.5 Å². The van der Waals surface area contributed by atoms with Crippen molar-refractivity contribution in [3.63, 3.8) is 0 Å². The van der Waals surface area contributed by atoms with Crippen LogP contribution in [0, 0.1) is 5.82 Å². The summed E-state index contributed by atoms with van der Waals surface area (Å²) in [5.74, 6) is -2.58. The van der Waals surface area contributed by atoms with Crippen LogP contribution < -0.4 is 11.2 Å². The average Bonchev–Trinajstić information content (AvgIpc) is 3.07. The number of rotatable bonds is 6. The number of halogens is 5. The van der Waals surface area contributed by atoms with Gasteiger partial charge in [-0.1, -0.05) is 11.6 Å². The molecule has 1 aliphatic rings. The van der Waals surface area contributed by atoms with Crippen LogP contribution in [-0.4, -0.2) is 56.8 Å². The van der Waals surface area contributed by atoms with Gasteiger partial charge in [-0.2, -0.15) is 13.2 Å². The first kappa shape index (κ1) is 27.4. The van der Waals surface area contributed by atoms with Gasteiger partial charge in [0.15, 0.2) is 10.6 Å². The molecule has 1 saturated heterocycles. The minimum atomic E-state index is -5.01. The summed E-state index contributed by atoms with van der Waals surface area (Å²) < 4.78 is 64.4. The van der Waals surface area contributed by atoms with Crippen molar-refractivity contribution in [1.29, 1.82) is 0 Å². The topological polar surface area (TPSA) is 112 Å². The molecule has 0 N–H and O–H groups in total. The average molecular weight is 553 g/mol. The fourth-order valence-electron chi connectivity index (χ4n) is 3.15. The molecule has 1 aromatic carbocycles. The van der Waals surface area contributed by atoms with E-state index in [4.69, 9.17) is 21.1 Å². The SMILES string of the molecule is CCOC(=O)CN1C(=O)C(OC)SC1=Nc1cc(-n2c(=O)cc(C(F)(F)F)n(C)c2=O)c(F)cc1Cl. The number of carbonyl (C=O) groups is 2. The van der Waals surface area contributed by atoms with Crippen molar-refractivity contribution in [1.82, 2.24) is 14.0 Å². The van der Waals surface area contributed by atoms with Gasteiger partial charge in [-0.05, 0) is 30.8 Å². The zero-order chi connectivity index (χ0) is 26.9. The standard InChI is InChI=1S/C20H17ClF4N4O6S/c1-4-35-15(31)8-28-16(32)17(34-3)36-18(28)26-11-6-12(10(22)5-9(11)21)29-14(30)7-13(20(23,24)25)27(2)19(29)33/h5-7,17H,4,8H2,1-3H3. The molecule has 36 heavy (non-hydrogen) atoms. The molecule has 1 fully saturated rings. The van der Waals surface area contributed by atoms with E-state index in [0.29, 0.717) is 6.07 Å². The maximum absolute atomic E-state index is 14.8. The number of methoxy groups -OCH3 is 1. The number of nitrogens with zero attached hydrogens (tertiary/aromatic N) is 4. The number of amides is 1. The smallest absolute Gasteiger partial charge is 0.431 e. The van der Waals surface area contributed by atoms with E-state index >= 15 is 0 Å². The van der Waals surface area contributed by atoms with Crippen molar-refractivity contribution in [3.8, 4) is 5.69 Å². The van der Waals surface area contributed by atoms with Crippen LogP contribution in [0.1, 0.15) is 12.6 Å². The summed E-state index contributed by atoms with van der Waals surface area (Å²) in [6.45, 7) is 1.10. The number of hydrogen-bond donors (Lipinski definition) is 0. The molecule has 0 spiro atoms. The summed E-state index contributed by atoms with van der Waals surface area (Å²) in [5.41, 5.74) is -6.48. The van der Waals surface area contributed by atoms with Gasteiger partial charge in [0.25, 0.3) is 11.5 Å². The number of ether oxygens (including phenoxy) is 2. The normalized spacial score (nSPS) is 17.2. The molecule has 1 aliphatic heterocycles. The Bertz CT molecular complexity index is 1370. The fourth-order valence-corrected chi connectivity index (χ4v) is 4.30. The van der Waals surface area contributed by atoms with Gasteiger partial charge in [0, 0.05) is 20.2 Å². The van der Waals surface area contributed by atoms with Crippen LogP contribution in [0.3, 0.4) is 0 Å². The number of carbonyl (C=O) groups excluding carboxylic acids is 2. The Kier molecular flexibility index (Phi) is 7.95. The minimum absolute atomic E-state index is 0.0537. The van der Waals surface area contributed by atoms with Gasteiger partial charge in [-0.15, -0.1) is 0 Å². The lowest BCUT2D eigenvalue weighted by molar-refractivity contribution is -0.147. The van der Waals surface area contributed by atoms with Crippen LogP contribution in [0.2, 0.25) is 5.02 Å². The summed E-state index contributed by atoms with van der Waals surface area (Å²) in [6.07, 6.45) is -5.01. The molecule has 0 bridgehead atoms. The highest BCUT2D eigenvalue weighted by Crippen LogP contribution is 2.35. The van der Waals surface area contributed by atoms with Gasteiger partial charge >= 0.3 is 17.8 Å². The van der Waals surface area contributed by atoms with E-state index in [1.54, 1.807) is 6.92 Å². The first-order valence-electron chi connectivity index (χ1n) is 9.95. The molecule has 1 unspecified atom stereocenters. The van der Waals surface area contributed by atoms with E-state index in [2.05, 4.69) is 4.99 Å². The molecule has 10 nitrogen and oxygen atoms in total. The maximum atomic E-state index is 14.8. The predicted octanol–water partition coefficient (Wildman–Crippen LogP) is 2.45. The molecule has 2 aromatic rings. The van der Waals surface area contributed by atoms with Crippen LogP contribution in [0.4, 0.5) is 23.2 Å². The number of alkyl halides is 3. The zero-order valence-corrected chi connectivity index (χ0v) is 20.3. The van der Waals surface area contributed by atoms with E-state index in [1.165, 1.54) is 7.11 Å². The van der Waals surface area contributed by atoms with E-state index in [-0.39, 0.29) is 37.7 Å². The quantitative estimate of drug-likeness (QED) is 0.400. The third-order valence-corrected chi connectivity index (χ3v) is 6.23. The van der Waals surface area contributed by atoms with Crippen molar-refractivity contribution in [3.05, 3.63) is 55.6 Å². The van der Waals surface area contributed by atoms with E-state index in [1.807, 2.05) is 0 Å². The highest BCUT2D eigenvalue weighted by atomic mass is 35.5. The second kappa shape index (κ2) is 10.4. The first-order chi connectivity index (χ1) is 16.8. The van der Waals surface area contributed by atoms with Gasteiger partial charge in [-0.3, -0.25) is 23.9 Å². The summed E-state index contributed by atoms with van der Waals surface area (Å²) in [7, 11) is 2.02. The molecule has 16 heteroatoms. The van der Waals surface area contributed by atoms with Gasteiger partial charge in [0.05, 0.1) is 23.0 Å². The Morgan fingerprint density at radius 1 is 1.22 bits per heavy atom. The molecular weight excluding hydrogens is 536 g/mol. The molecule has 194 valence electrons. The molecule has 0 aliphatic carbocycles. The van der Waals surface area contributed by atoms with E-state index in [0.717, 1.165) is 29.8 Å². The van der Waals surface area contributed by atoms with E-state index < -0.39 is 58.5 Å². The summed E-state index contributed by atoms with van der Waals surface area (Å²) >= 11 is 6.87. The van der Waals surface area contributed by atoms with Crippen molar-refractivity contribution in [2.24, 2.45) is 12.0 Å². The number of aliphatic imine (C=N–C) groups is 1. The number of esters is 1. The van der Waals surface area contributed by atoms with Crippen LogP contribution in [0.5, 0.6) is 0 Å². The molecule has 3 rings (SSSR count). The lowest BCUT2D eigenvalue weighted by atomic mass is 10.2. The van der Waals surface area contributed by atoms with Gasteiger partial charge in [-0.25, -0.2) is 18.7 Å². The number of amidine groups is 1. The highest BCUT2D eigenvalue weighted by Gasteiger charge is 2.40. The van der Waals surface area contributed by atoms with Crippen LogP contribution >= 0.6 is 23.4 Å². The van der Waals surface area contributed by atoms with Gasteiger partial charge in [0.1, 0.15) is 18.1 Å². The summed E-state index contributed by atoms with van der Waals surface area (Å²) in [6, 6.07) is 1.70. The third kappa shape index (κ3) is 5.32. The highest BCUT2D eigenvalue weighted by molar-refractivity contribution is 8.15. The number of benzene rings is 1. The molecule has 0 radical (unpaired) electrons. The number of hydrogen-bond acceptors (Lipinski definition) is 8. The zero-order valence-electron chi connectivity index (χ0n) is 18.8. The third-order valence-electron chi connectivity index (χ3n) is 4.80. The fraction of sp³-hybridized carbons (Fsp3) is 0.350. The van der Waals surface area contributed by atoms with Crippen molar-refractivity contribution >= 4 is 46.1 Å². The molecule has 1 atom stereocenters. The molecular formula is C20H17ClF4N4O6S. The van der Waals surface area contributed by atoms with Crippen LogP contribution in [0.15, 0.2) is 32.8 Å². The summed E-state index contributed by atoms with van der Waals surface area (Å²) in [5, 5.41) is -0.405. The van der Waals surface area contributed by atoms with Crippen molar-refractivity contribution < 1.29 is 36.6 Å². The Morgan fingerprint density at radius 2 is 1.89 bits per heavy atom. The largest absolute Gasteiger partial charge is 0.465 e. The van der Waals surface area contributed by atoms with Crippen molar-refractivity contribution in [2.75, 3.05) is 20.3 Å². The van der Waals surface area contributed by atoms with Crippen LogP contribution in [-0.2, 0) is 32.3 Å². The maximum Gasteiger partial charge on any atom is 0.431 e. The van der Waals surface area contributed by atoms with Gasteiger partial charge in [0.2, 0.25) is 0 Å². The second-order valence-corrected chi connectivity index (χ2v) is 8.54. The molecule has 0 saturated carbocycles. The Balaban J connectivity index is 2.15. The first-order valence-corrected chi connectivity index (χ1v) is 11.2. The van der Waals surface area contributed by atoms with Crippen LogP contribution in [0.25, 0.3) is 5.69 Å². The second-order valence-electron chi connectivity index (χ2n) is 7.11. The Morgan fingerprint density at radius 3 is 2.47 bits per heavy atom. The monoisotopic (exact) mass is 552 g/mol. The lowest BCUT2D eigenvalue weighted by Crippen LogP contribution is -2.41. The molecule has 1 amide bonds. The minimum Gasteiger partial charge on any atom is -0.465 e. The Hall–Kier alpha value is -3.17. The predicted molar refractivity (Wildman–Crippen MR) is 121 cm³/mol. The molecule has 1 aromatic heterocycles. The number of thioether (sulfide) groups is 1. The molecule has 2 heterocycles. The van der Waals surface area contributed by atoms with Gasteiger partial charge < -0.3 is 9.47 Å². The Labute approximate surface area is 209 Å².